The zero-order valence-electron chi connectivity index (χ0n) is 17.2. The van der Waals surface area contributed by atoms with Gasteiger partial charge in [0.15, 0.2) is 5.16 Å². The van der Waals surface area contributed by atoms with Crippen LogP contribution in [0.1, 0.15) is 36.0 Å². The topological polar surface area (TPSA) is 73.2 Å². The van der Waals surface area contributed by atoms with E-state index in [2.05, 4.69) is 10.3 Å². The molecule has 0 fully saturated rings. The van der Waals surface area contributed by atoms with Crippen LogP contribution in [0.5, 0.6) is 5.75 Å². The molecule has 6 nitrogen and oxygen atoms in total. The van der Waals surface area contributed by atoms with E-state index in [-0.39, 0.29) is 23.8 Å². The number of hydrogen-bond donors (Lipinski definition) is 1. The summed E-state index contributed by atoms with van der Waals surface area (Å²) in [7, 11) is 1.82. The smallest absolute Gasteiger partial charge is 0.279 e. The van der Waals surface area contributed by atoms with Gasteiger partial charge < -0.3 is 14.6 Å². The Kier molecular flexibility index (Phi) is 6.34. The molecule has 2 heterocycles. The molecule has 0 saturated carbocycles. The van der Waals surface area contributed by atoms with Crippen LogP contribution in [0.3, 0.4) is 0 Å². The van der Waals surface area contributed by atoms with Crippen molar-refractivity contribution < 1.29 is 9.53 Å². The number of ether oxygens (including phenoxy) is 1. The Bertz CT molecular complexity index is 1160. The van der Waals surface area contributed by atoms with E-state index >= 15 is 0 Å². The number of carbonyl (C=O) groups is 1. The Balaban J connectivity index is 1.66. The van der Waals surface area contributed by atoms with Gasteiger partial charge in [0, 0.05) is 30.2 Å². The number of amides is 1. The van der Waals surface area contributed by atoms with Gasteiger partial charge in [0.05, 0.1) is 12.2 Å². The maximum atomic E-state index is 13.0. The van der Waals surface area contributed by atoms with Gasteiger partial charge in [-0.3, -0.25) is 9.59 Å². The van der Waals surface area contributed by atoms with Crippen LogP contribution in [0.25, 0.3) is 0 Å². The summed E-state index contributed by atoms with van der Waals surface area (Å²) in [4.78, 5) is 29.8. The summed E-state index contributed by atoms with van der Waals surface area (Å²) in [6.07, 6.45) is 0.204. The van der Waals surface area contributed by atoms with Crippen LogP contribution in [0, 0.1) is 0 Å². The molecule has 0 spiro atoms. The molecule has 1 N–H and O–H groups in total. The van der Waals surface area contributed by atoms with E-state index in [1.807, 2.05) is 62.5 Å². The van der Waals surface area contributed by atoms with Gasteiger partial charge in [0.1, 0.15) is 11.6 Å². The Morgan fingerprint density at radius 2 is 1.87 bits per heavy atom. The number of halogens is 1. The Labute approximate surface area is 189 Å². The van der Waals surface area contributed by atoms with E-state index in [9.17, 15) is 9.59 Å². The molecule has 3 aromatic rings. The lowest BCUT2D eigenvalue weighted by molar-refractivity contribution is -0.116. The Hall–Kier alpha value is -2.77. The molecule has 1 aliphatic heterocycles. The van der Waals surface area contributed by atoms with Gasteiger partial charge in [0.25, 0.3) is 5.56 Å². The first-order valence-electron chi connectivity index (χ1n) is 9.97. The first-order chi connectivity index (χ1) is 15.0. The number of nitrogens with one attached hydrogen (secondary N) is 1. The molecule has 1 unspecified atom stereocenters. The number of fused-ring (bicyclic) bond motifs is 1. The monoisotopic (exact) mass is 455 g/mol. The largest absolute Gasteiger partial charge is 0.494 e. The second-order valence-electron chi connectivity index (χ2n) is 7.24. The van der Waals surface area contributed by atoms with Crippen LogP contribution in [0.4, 0.5) is 5.82 Å². The van der Waals surface area contributed by atoms with Crippen molar-refractivity contribution in [3.05, 3.63) is 80.6 Å². The fourth-order valence-corrected chi connectivity index (χ4v) is 4.69. The average Bonchev–Trinajstić information content (AvgIpc) is 2.76. The van der Waals surface area contributed by atoms with Gasteiger partial charge in [-0.2, -0.15) is 4.98 Å². The van der Waals surface area contributed by atoms with Crippen LogP contribution in [0.15, 0.2) is 58.5 Å². The third-order valence-corrected chi connectivity index (χ3v) is 6.53. The molecule has 31 heavy (non-hydrogen) atoms. The van der Waals surface area contributed by atoms with Gasteiger partial charge in [-0.15, -0.1) is 0 Å². The molecule has 0 bridgehead atoms. The SMILES string of the molecule is CCOc1ccc(C2CC(=O)Nc3c2c(=O)nc(SCc2ccc(Cl)cc2)n3C)cc1. The quantitative estimate of drug-likeness (QED) is 0.434. The third kappa shape index (κ3) is 4.62. The molecule has 2 aromatic carbocycles. The van der Waals surface area contributed by atoms with Gasteiger partial charge in [-0.1, -0.05) is 47.6 Å². The van der Waals surface area contributed by atoms with Crippen LogP contribution in [-0.2, 0) is 17.6 Å². The Morgan fingerprint density at radius 1 is 1.16 bits per heavy atom. The summed E-state index contributed by atoms with van der Waals surface area (Å²) in [5.74, 6) is 1.43. The third-order valence-electron chi connectivity index (χ3n) is 5.18. The number of nitrogens with zero attached hydrogens (tertiary/aromatic N) is 2. The summed E-state index contributed by atoms with van der Waals surface area (Å²) in [5, 5.41) is 4.10. The van der Waals surface area contributed by atoms with Crippen molar-refractivity contribution >= 4 is 35.1 Å². The molecule has 160 valence electrons. The maximum Gasteiger partial charge on any atom is 0.279 e. The van der Waals surface area contributed by atoms with Crippen molar-refractivity contribution in [1.29, 1.82) is 0 Å². The van der Waals surface area contributed by atoms with Gasteiger partial charge in [-0.25, -0.2) is 0 Å². The molecule has 1 aliphatic rings. The van der Waals surface area contributed by atoms with Crippen LogP contribution >= 0.6 is 23.4 Å². The summed E-state index contributed by atoms with van der Waals surface area (Å²) in [6, 6.07) is 15.1. The molecule has 0 aliphatic carbocycles. The molecular weight excluding hydrogens is 434 g/mol. The summed E-state index contributed by atoms with van der Waals surface area (Å²) in [5.41, 5.74) is 2.16. The minimum Gasteiger partial charge on any atom is -0.494 e. The fraction of sp³-hybridized carbons (Fsp3) is 0.261. The van der Waals surface area contributed by atoms with Gasteiger partial charge in [-0.05, 0) is 42.3 Å². The van der Waals surface area contributed by atoms with Crippen molar-refractivity contribution in [2.75, 3.05) is 11.9 Å². The van der Waals surface area contributed by atoms with E-state index in [0.717, 1.165) is 16.9 Å². The standard InChI is InChI=1S/C23H22ClN3O3S/c1-3-30-17-10-6-15(7-11-17)18-12-19(28)25-21-20(18)22(29)26-23(27(21)2)31-13-14-4-8-16(24)9-5-14/h4-11,18H,3,12-13H2,1-2H3,(H,25,28). The predicted octanol–water partition coefficient (Wildman–Crippen LogP) is 4.60. The lowest BCUT2D eigenvalue weighted by Gasteiger charge is -2.27. The summed E-state index contributed by atoms with van der Waals surface area (Å²) >= 11 is 7.38. The molecule has 1 amide bonds. The molecular formula is C23H22ClN3O3S. The fourth-order valence-electron chi connectivity index (χ4n) is 3.64. The van der Waals surface area contributed by atoms with Crippen LogP contribution in [0.2, 0.25) is 5.02 Å². The van der Waals surface area contributed by atoms with Crippen molar-refractivity contribution in [1.82, 2.24) is 9.55 Å². The van der Waals surface area contributed by atoms with Gasteiger partial charge in [0.2, 0.25) is 5.91 Å². The van der Waals surface area contributed by atoms with Gasteiger partial charge >= 0.3 is 0 Å². The highest BCUT2D eigenvalue weighted by atomic mass is 35.5. The molecule has 1 aromatic heterocycles. The molecule has 0 saturated heterocycles. The minimum atomic E-state index is -0.346. The van der Waals surface area contributed by atoms with E-state index < -0.39 is 0 Å². The minimum absolute atomic E-state index is 0.124. The second-order valence-corrected chi connectivity index (χ2v) is 8.62. The highest BCUT2D eigenvalue weighted by Gasteiger charge is 2.32. The van der Waals surface area contributed by atoms with E-state index in [1.165, 1.54) is 11.8 Å². The van der Waals surface area contributed by atoms with E-state index in [0.29, 0.717) is 33.9 Å². The van der Waals surface area contributed by atoms with Crippen molar-refractivity contribution in [2.45, 2.75) is 30.2 Å². The predicted molar refractivity (Wildman–Crippen MR) is 123 cm³/mol. The van der Waals surface area contributed by atoms with Crippen molar-refractivity contribution in [3.8, 4) is 5.75 Å². The first-order valence-corrected chi connectivity index (χ1v) is 11.3. The summed E-state index contributed by atoms with van der Waals surface area (Å²) in [6.45, 7) is 2.50. The molecule has 1 atom stereocenters. The number of aromatic nitrogens is 2. The lowest BCUT2D eigenvalue weighted by atomic mass is 9.87. The number of hydrogen-bond acceptors (Lipinski definition) is 5. The molecule has 4 rings (SSSR count). The first kappa shape index (κ1) is 21.5. The summed E-state index contributed by atoms with van der Waals surface area (Å²) < 4.78 is 7.29. The number of benzene rings is 2. The van der Waals surface area contributed by atoms with Crippen LogP contribution in [-0.4, -0.2) is 22.1 Å². The normalized spacial score (nSPS) is 15.3. The Morgan fingerprint density at radius 3 is 2.55 bits per heavy atom. The van der Waals surface area contributed by atoms with E-state index in [4.69, 9.17) is 16.3 Å². The highest BCUT2D eigenvalue weighted by Crippen LogP contribution is 2.36. The van der Waals surface area contributed by atoms with Crippen molar-refractivity contribution in [2.24, 2.45) is 7.05 Å². The highest BCUT2D eigenvalue weighted by molar-refractivity contribution is 7.98. The molecule has 0 radical (unpaired) electrons. The second kappa shape index (κ2) is 9.16. The number of anilines is 1. The van der Waals surface area contributed by atoms with Crippen molar-refractivity contribution in [3.63, 3.8) is 0 Å². The average molecular weight is 456 g/mol. The molecule has 8 heteroatoms. The van der Waals surface area contributed by atoms with E-state index in [1.54, 1.807) is 4.57 Å². The number of carbonyl (C=O) groups excluding carboxylic acids is 1. The van der Waals surface area contributed by atoms with Crippen LogP contribution < -0.4 is 15.6 Å². The lowest BCUT2D eigenvalue weighted by Crippen LogP contribution is -2.33. The number of thioether (sulfide) groups is 1. The zero-order valence-corrected chi connectivity index (χ0v) is 18.8. The maximum absolute atomic E-state index is 13.0. The zero-order chi connectivity index (χ0) is 22.0. The number of rotatable bonds is 6.